The largest absolute Gasteiger partial charge is 0.341 e. The third-order valence-electron chi connectivity index (χ3n) is 5.53. The smallest absolute Gasteiger partial charge is 0.229 e. The summed E-state index contributed by atoms with van der Waals surface area (Å²) in [6.45, 7) is 2.14. The summed E-state index contributed by atoms with van der Waals surface area (Å²) in [6, 6.07) is 5.15. The Morgan fingerprint density at radius 1 is 1.04 bits per heavy atom. The Labute approximate surface area is 150 Å². The second kappa shape index (κ2) is 6.63. The van der Waals surface area contributed by atoms with Gasteiger partial charge in [-0.1, -0.05) is 0 Å². The molecule has 2 aliphatic heterocycles. The fourth-order valence-electron chi connectivity index (χ4n) is 3.97. The van der Waals surface area contributed by atoms with E-state index in [-0.39, 0.29) is 18.0 Å². The number of anilines is 1. The highest BCUT2D eigenvalue weighted by molar-refractivity contribution is 5.85. The van der Waals surface area contributed by atoms with Crippen molar-refractivity contribution in [3.8, 4) is 0 Å². The van der Waals surface area contributed by atoms with Crippen LogP contribution in [0.15, 0.2) is 36.7 Å². The predicted octanol–water partition coefficient (Wildman–Crippen LogP) is 2.77. The van der Waals surface area contributed by atoms with Crippen LogP contribution >= 0.6 is 0 Å². The Balaban J connectivity index is 1.44. The summed E-state index contributed by atoms with van der Waals surface area (Å²) in [6.07, 6.45) is 5.64. The number of likely N-dealkylation sites (tertiary alicyclic amines) is 1. The van der Waals surface area contributed by atoms with Gasteiger partial charge in [-0.3, -0.25) is 4.79 Å². The SMILES string of the molecule is O=C1N(Cc2cc(F)ccc2F)CCC12CCN(c1ncccn1)CC2. The molecular formula is C19H20F2N4O. The normalized spacial score (nSPS) is 19.4. The fourth-order valence-corrected chi connectivity index (χ4v) is 3.97. The molecule has 0 radical (unpaired) electrons. The highest BCUT2D eigenvalue weighted by Crippen LogP contribution is 2.42. The molecule has 3 heterocycles. The van der Waals surface area contributed by atoms with Gasteiger partial charge in [0.25, 0.3) is 0 Å². The Hall–Kier alpha value is -2.57. The zero-order valence-corrected chi connectivity index (χ0v) is 14.4. The van der Waals surface area contributed by atoms with Crippen LogP contribution in [-0.4, -0.2) is 40.4 Å². The number of carbonyl (C=O) groups is 1. The maximum absolute atomic E-state index is 13.9. The summed E-state index contributed by atoms with van der Waals surface area (Å²) in [5, 5.41) is 0. The predicted molar refractivity (Wildman–Crippen MR) is 92.3 cm³/mol. The number of halogens is 2. The van der Waals surface area contributed by atoms with Crippen molar-refractivity contribution in [3.05, 3.63) is 53.9 Å². The van der Waals surface area contributed by atoms with Crippen LogP contribution in [0.1, 0.15) is 24.8 Å². The Bertz CT molecular complexity index is 806. The minimum atomic E-state index is -0.487. The van der Waals surface area contributed by atoms with Crippen molar-refractivity contribution in [2.75, 3.05) is 24.5 Å². The average molecular weight is 358 g/mol. The molecule has 2 aliphatic rings. The van der Waals surface area contributed by atoms with E-state index in [1.807, 2.05) is 0 Å². The lowest BCUT2D eigenvalue weighted by molar-refractivity contribution is -0.137. The summed E-state index contributed by atoms with van der Waals surface area (Å²) in [4.78, 5) is 25.3. The number of piperidine rings is 1. The topological polar surface area (TPSA) is 49.3 Å². The number of aromatic nitrogens is 2. The van der Waals surface area contributed by atoms with Gasteiger partial charge in [0.15, 0.2) is 0 Å². The summed E-state index contributed by atoms with van der Waals surface area (Å²) in [5.41, 5.74) is -0.166. The maximum atomic E-state index is 13.9. The molecule has 2 aromatic rings. The van der Waals surface area contributed by atoms with Crippen molar-refractivity contribution >= 4 is 11.9 Å². The fraction of sp³-hybridized carbons (Fsp3) is 0.421. The van der Waals surface area contributed by atoms with Gasteiger partial charge in [0.2, 0.25) is 11.9 Å². The summed E-state index contributed by atoms with van der Waals surface area (Å²) >= 11 is 0. The first-order valence-corrected chi connectivity index (χ1v) is 8.83. The molecule has 1 aromatic carbocycles. The quantitative estimate of drug-likeness (QED) is 0.847. The molecule has 2 saturated heterocycles. The van der Waals surface area contributed by atoms with Crippen molar-refractivity contribution < 1.29 is 13.6 Å². The van der Waals surface area contributed by atoms with Gasteiger partial charge in [-0.15, -0.1) is 0 Å². The van der Waals surface area contributed by atoms with Crippen molar-refractivity contribution in [1.29, 1.82) is 0 Å². The average Bonchev–Trinajstić information content (AvgIpc) is 2.96. The van der Waals surface area contributed by atoms with Gasteiger partial charge in [0.05, 0.1) is 5.41 Å². The van der Waals surface area contributed by atoms with E-state index in [0.717, 1.165) is 44.5 Å². The van der Waals surface area contributed by atoms with Crippen LogP contribution in [0.5, 0.6) is 0 Å². The van der Waals surface area contributed by atoms with E-state index in [1.54, 1.807) is 23.4 Å². The van der Waals surface area contributed by atoms with E-state index >= 15 is 0 Å². The molecule has 1 amide bonds. The number of hydrogen-bond acceptors (Lipinski definition) is 4. The number of amides is 1. The van der Waals surface area contributed by atoms with Crippen molar-refractivity contribution in [2.45, 2.75) is 25.8 Å². The molecule has 0 unspecified atom stereocenters. The molecule has 1 aromatic heterocycles. The van der Waals surface area contributed by atoms with E-state index in [0.29, 0.717) is 12.5 Å². The van der Waals surface area contributed by atoms with Crippen molar-refractivity contribution in [1.82, 2.24) is 14.9 Å². The number of hydrogen-bond donors (Lipinski definition) is 0. The molecule has 0 bridgehead atoms. The lowest BCUT2D eigenvalue weighted by Gasteiger charge is -2.37. The molecule has 5 nitrogen and oxygen atoms in total. The first-order chi connectivity index (χ1) is 12.6. The second-order valence-electron chi connectivity index (χ2n) is 7.03. The van der Waals surface area contributed by atoms with E-state index < -0.39 is 17.0 Å². The van der Waals surface area contributed by atoms with Crippen LogP contribution in [0.25, 0.3) is 0 Å². The number of benzene rings is 1. The molecule has 136 valence electrons. The lowest BCUT2D eigenvalue weighted by Crippen LogP contribution is -2.45. The molecule has 0 saturated carbocycles. The molecule has 4 rings (SSSR count). The standard InChI is InChI=1S/C19H20F2N4O/c20-15-2-3-16(21)14(12-15)13-25-11-6-19(17(25)26)4-9-24(10-5-19)18-22-7-1-8-23-18/h1-3,7-8,12H,4-6,9-11,13H2. The first-order valence-electron chi connectivity index (χ1n) is 8.83. The van der Waals surface area contributed by atoms with Crippen LogP contribution in [0.2, 0.25) is 0 Å². The highest BCUT2D eigenvalue weighted by atomic mass is 19.1. The number of carbonyl (C=O) groups excluding carboxylic acids is 1. The van der Waals surface area contributed by atoms with Gasteiger partial charge in [0.1, 0.15) is 11.6 Å². The molecule has 2 fully saturated rings. The van der Waals surface area contributed by atoms with Gasteiger partial charge in [0, 0.05) is 44.1 Å². The van der Waals surface area contributed by atoms with Crippen molar-refractivity contribution in [3.63, 3.8) is 0 Å². The molecule has 7 heteroatoms. The lowest BCUT2D eigenvalue weighted by atomic mass is 9.77. The van der Waals surface area contributed by atoms with Gasteiger partial charge < -0.3 is 9.80 Å². The van der Waals surface area contributed by atoms with Crippen molar-refractivity contribution in [2.24, 2.45) is 5.41 Å². The third kappa shape index (κ3) is 3.02. The highest BCUT2D eigenvalue weighted by Gasteiger charge is 2.48. The van der Waals surface area contributed by atoms with Crippen LogP contribution in [0.3, 0.4) is 0 Å². The molecule has 1 spiro atoms. The maximum Gasteiger partial charge on any atom is 0.229 e. The van der Waals surface area contributed by atoms with E-state index in [9.17, 15) is 13.6 Å². The molecule has 26 heavy (non-hydrogen) atoms. The second-order valence-corrected chi connectivity index (χ2v) is 7.03. The summed E-state index contributed by atoms with van der Waals surface area (Å²) in [5.74, 6) is -0.226. The van der Waals surface area contributed by atoms with E-state index in [4.69, 9.17) is 0 Å². The summed E-state index contributed by atoms with van der Waals surface area (Å²) < 4.78 is 27.3. The first kappa shape index (κ1) is 16.9. The van der Waals surface area contributed by atoms with Gasteiger partial charge in [-0.25, -0.2) is 18.7 Å². The zero-order valence-electron chi connectivity index (χ0n) is 14.4. The van der Waals surface area contributed by atoms with Gasteiger partial charge in [-0.05, 0) is 43.5 Å². The minimum Gasteiger partial charge on any atom is -0.341 e. The van der Waals surface area contributed by atoms with Crippen LogP contribution < -0.4 is 4.90 Å². The van der Waals surface area contributed by atoms with Crippen LogP contribution in [0.4, 0.5) is 14.7 Å². The molecule has 0 N–H and O–H groups in total. The molecular weight excluding hydrogens is 338 g/mol. The Morgan fingerprint density at radius 3 is 2.46 bits per heavy atom. The molecule has 0 atom stereocenters. The zero-order chi connectivity index (χ0) is 18.1. The van der Waals surface area contributed by atoms with E-state index in [1.165, 1.54) is 6.07 Å². The Morgan fingerprint density at radius 2 is 1.73 bits per heavy atom. The third-order valence-corrected chi connectivity index (χ3v) is 5.53. The Kier molecular flexibility index (Phi) is 4.30. The number of rotatable bonds is 3. The van der Waals surface area contributed by atoms with Gasteiger partial charge in [-0.2, -0.15) is 0 Å². The summed E-state index contributed by atoms with van der Waals surface area (Å²) in [7, 11) is 0. The van der Waals surface area contributed by atoms with Gasteiger partial charge >= 0.3 is 0 Å². The number of nitrogens with zero attached hydrogens (tertiary/aromatic N) is 4. The van der Waals surface area contributed by atoms with Crippen LogP contribution in [-0.2, 0) is 11.3 Å². The van der Waals surface area contributed by atoms with E-state index in [2.05, 4.69) is 14.9 Å². The molecule has 0 aliphatic carbocycles. The van der Waals surface area contributed by atoms with Crippen LogP contribution in [0, 0.1) is 17.0 Å². The minimum absolute atomic E-state index is 0.0507. The monoisotopic (exact) mass is 358 g/mol.